The van der Waals surface area contributed by atoms with E-state index in [1.807, 2.05) is 23.6 Å². The number of thiophene rings is 1. The molecule has 0 saturated carbocycles. The first kappa shape index (κ1) is 13.3. The van der Waals surface area contributed by atoms with Crippen LogP contribution in [0, 0.1) is 0 Å². The number of phenolic OH excluding ortho intramolecular Hbond substituents is 1. The standard InChI is InChI=1S/C17H10N4O2S/c22-11-2-3-14-13(7-11)12-5-6-24-16(12)17(23)21(14)10-1-4-15-18-9-19-20(15)8-10/h1-9,22H. The summed E-state index contributed by atoms with van der Waals surface area (Å²) in [6, 6.07) is 10.6. The van der Waals surface area contributed by atoms with Crippen molar-refractivity contribution in [2.24, 2.45) is 0 Å². The summed E-state index contributed by atoms with van der Waals surface area (Å²) < 4.78 is 3.94. The summed E-state index contributed by atoms with van der Waals surface area (Å²) in [6.45, 7) is 0. The largest absolute Gasteiger partial charge is 0.508 e. The lowest BCUT2D eigenvalue weighted by Crippen LogP contribution is -2.18. The van der Waals surface area contributed by atoms with Gasteiger partial charge in [0.15, 0.2) is 5.65 Å². The third-order valence-electron chi connectivity index (χ3n) is 4.09. The van der Waals surface area contributed by atoms with E-state index in [4.69, 9.17) is 0 Å². The van der Waals surface area contributed by atoms with Gasteiger partial charge in [-0.25, -0.2) is 9.50 Å². The predicted octanol–water partition coefficient (Wildman–Crippen LogP) is 2.95. The lowest BCUT2D eigenvalue weighted by molar-refractivity contribution is 0.476. The van der Waals surface area contributed by atoms with Crippen molar-refractivity contribution in [1.29, 1.82) is 0 Å². The number of hydrogen-bond donors (Lipinski definition) is 1. The van der Waals surface area contributed by atoms with Crippen LogP contribution in [0.4, 0.5) is 0 Å². The van der Waals surface area contributed by atoms with Gasteiger partial charge in [0.05, 0.1) is 17.4 Å². The summed E-state index contributed by atoms with van der Waals surface area (Å²) in [5.41, 5.74) is 2.07. The van der Waals surface area contributed by atoms with E-state index in [0.717, 1.165) is 16.3 Å². The quantitative estimate of drug-likeness (QED) is 0.511. The average molecular weight is 334 g/mol. The third kappa shape index (κ3) is 1.73. The Kier molecular flexibility index (Phi) is 2.57. The summed E-state index contributed by atoms with van der Waals surface area (Å²) >= 11 is 1.40. The van der Waals surface area contributed by atoms with Crippen molar-refractivity contribution >= 4 is 38.0 Å². The first-order chi connectivity index (χ1) is 11.7. The maximum Gasteiger partial charge on any atom is 0.273 e. The van der Waals surface area contributed by atoms with Gasteiger partial charge in [0, 0.05) is 10.8 Å². The first-order valence-corrected chi connectivity index (χ1v) is 8.15. The molecule has 7 heteroatoms. The van der Waals surface area contributed by atoms with Gasteiger partial charge < -0.3 is 5.11 Å². The highest BCUT2D eigenvalue weighted by molar-refractivity contribution is 7.17. The molecule has 5 rings (SSSR count). The van der Waals surface area contributed by atoms with E-state index in [9.17, 15) is 9.90 Å². The van der Waals surface area contributed by atoms with Crippen LogP contribution in [0.15, 0.2) is 59.1 Å². The maximum atomic E-state index is 13.0. The molecule has 0 atom stereocenters. The molecule has 0 aliphatic rings. The lowest BCUT2D eigenvalue weighted by Gasteiger charge is -2.12. The van der Waals surface area contributed by atoms with Crippen LogP contribution in [-0.2, 0) is 0 Å². The van der Waals surface area contributed by atoms with Crippen LogP contribution >= 0.6 is 11.3 Å². The molecule has 0 fully saturated rings. The fourth-order valence-electron chi connectivity index (χ4n) is 3.03. The Labute approximate surface area is 138 Å². The number of benzene rings is 1. The molecule has 0 bridgehead atoms. The van der Waals surface area contributed by atoms with Crippen LogP contribution in [0.3, 0.4) is 0 Å². The third-order valence-corrected chi connectivity index (χ3v) is 4.99. The van der Waals surface area contributed by atoms with E-state index in [1.54, 1.807) is 33.5 Å². The van der Waals surface area contributed by atoms with Crippen molar-refractivity contribution in [3.63, 3.8) is 0 Å². The fraction of sp³-hybridized carbons (Fsp3) is 0. The second-order valence-electron chi connectivity index (χ2n) is 5.46. The zero-order valence-corrected chi connectivity index (χ0v) is 13.1. The van der Waals surface area contributed by atoms with E-state index in [2.05, 4.69) is 10.1 Å². The Morgan fingerprint density at radius 2 is 2.00 bits per heavy atom. The molecule has 0 radical (unpaired) electrons. The minimum Gasteiger partial charge on any atom is -0.508 e. The zero-order chi connectivity index (χ0) is 16.3. The molecule has 1 N–H and O–H groups in total. The molecule has 5 aromatic rings. The molecular weight excluding hydrogens is 324 g/mol. The summed E-state index contributed by atoms with van der Waals surface area (Å²) in [4.78, 5) is 17.2. The lowest BCUT2D eigenvalue weighted by atomic mass is 10.1. The molecule has 4 heterocycles. The molecule has 0 aliphatic heterocycles. The van der Waals surface area contributed by atoms with Crippen molar-refractivity contribution in [3.05, 3.63) is 64.7 Å². The van der Waals surface area contributed by atoms with Crippen molar-refractivity contribution < 1.29 is 5.11 Å². The number of phenols is 1. The molecule has 116 valence electrons. The number of aromatic nitrogens is 4. The smallest absolute Gasteiger partial charge is 0.273 e. The average Bonchev–Trinajstić information content (AvgIpc) is 3.24. The van der Waals surface area contributed by atoms with Crippen LogP contribution < -0.4 is 5.56 Å². The van der Waals surface area contributed by atoms with E-state index in [1.165, 1.54) is 17.7 Å². The van der Waals surface area contributed by atoms with Crippen LogP contribution in [0.5, 0.6) is 5.75 Å². The Hall–Kier alpha value is -3.19. The van der Waals surface area contributed by atoms with Gasteiger partial charge in [0.1, 0.15) is 16.8 Å². The molecule has 1 aromatic carbocycles. The Bertz CT molecular complexity index is 1300. The SMILES string of the molecule is O=c1c2sccc2c2cc(O)ccc2n1-c1ccc2ncnn2c1. The van der Waals surface area contributed by atoms with Gasteiger partial charge in [0.25, 0.3) is 5.56 Å². The molecule has 0 saturated heterocycles. The minimum atomic E-state index is -0.0855. The summed E-state index contributed by atoms with van der Waals surface area (Å²) in [5, 5.41) is 17.6. The molecule has 0 spiro atoms. The minimum absolute atomic E-state index is 0.0855. The molecular formula is C17H10N4O2S. The van der Waals surface area contributed by atoms with Crippen LogP contribution in [0.2, 0.25) is 0 Å². The second kappa shape index (κ2) is 4.65. The number of hydrogen-bond acceptors (Lipinski definition) is 5. The van der Waals surface area contributed by atoms with E-state index >= 15 is 0 Å². The first-order valence-electron chi connectivity index (χ1n) is 7.27. The van der Waals surface area contributed by atoms with Gasteiger partial charge in [-0.15, -0.1) is 11.3 Å². The number of aromatic hydroxyl groups is 1. The monoisotopic (exact) mass is 334 g/mol. The summed E-state index contributed by atoms with van der Waals surface area (Å²) in [6.07, 6.45) is 3.25. The second-order valence-corrected chi connectivity index (χ2v) is 6.37. The molecule has 4 aromatic heterocycles. The van der Waals surface area contributed by atoms with E-state index in [-0.39, 0.29) is 11.3 Å². The molecule has 0 aliphatic carbocycles. The molecule has 6 nitrogen and oxygen atoms in total. The van der Waals surface area contributed by atoms with Gasteiger partial charge in [0.2, 0.25) is 0 Å². The predicted molar refractivity (Wildman–Crippen MR) is 93.1 cm³/mol. The van der Waals surface area contributed by atoms with Crippen molar-refractivity contribution in [2.75, 3.05) is 0 Å². The van der Waals surface area contributed by atoms with Gasteiger partial charge in [-0.2, -0.15) is 5.10 Å². The van der Waals surface area contributed by atoms with Gasteiger partial charge in [-0.05, 0) is 41.8 Å². The summed E-state index contributed by atoms with van der Waals surface area (Å²) in [7, 11) is 0. The highest BCUT2D eigenvalue weighted by Gasteiger charge is 2.14. The number of pyridine rings is 2. The zero-order valence-electron chi connectivity index (χ0n) is 12.2. The Morgan fingerprint density at radius 1 is 1.08 bits per heavy atom. The number of fused-ring (bicyclic) bond motifs is 4. The highest BCUT2D eigenvalue weighted by atomic mass is 32.1. The van der Waals surface area contributed by atoms with Crippen molar-refractivity contribution in [1.82, 2.24) is 19.2 Å². The van der Waals surface area contributed by atoms with Gasteiger partial charge in [-0.1, -0.05) is 0 Å². The maximum absolute atomic E-state index is 13.0. The molecule has 0 amide bonds. The van der Waals surface area contributed by atoms with Gasteiger partial charge in [-0.3, -0.25) is 9.36 Å². The normalized spacial score (nSPS) is 11.7. The Balaban J connectivity index is 1.98. The number of rotatable bonds is 1. The van der Waals surface area contributed by atoms with E-state index < -0.39 is 0 Å². The van der Waals surface area contributed by atoms with Gasteiger partial charge >= 0.3 is 0 Å². The topological polar surface area (TPSA) is 72.4 Å². The van der Waals surface area contributed by atoms with Crippen LogP contribution in [-0.4, -0.2) is 24.3 Å². The van der Waals surface area contributed by atoms with Crippen molar-refractivity contribution in [3.8, 4) is 11.4 Å². The number of nitrogens with zero attached hydrogens (tertiary/aromatic N) is 4. The van der Waals surface area contributed by atoms with Crippen LogP contribution in [0.1, 0.15) is 0 Å². The van der Waals surface area contributed by atoms with Crippen LogP contribution in [0.25, 0.3) is 32.3 Å². The Morgan fingerprint density at radius 3 is 2.92 bits per heavy atom. The molecule has 0 unspecified atom stereocenters. The van der Waals surface area contributed by atoms with E-state index in [0.29, 0.717) is 16.0 Å². The fourth-order valence-corrected chi connectivity index (χ4v) is 3.86. The highest BCUT2D eigenvalue weighted by Crippen LogP contribution is 2.30. The van der Waals surface area contributed by atoms with Crippen molar-refractivity contribution in [2.45, 2.75) is 0 Å². The summed E-state index contributed by atoms with van der Waals surface area (Å²) in [5.74, 6) is 0.173. The molecule has 24 heavy (non-hydrogen) atoms.